The van der Waals surface area contributed by atoms with Crippen molar-refractivity contribution in [3.63, 3.8) is 0 Å². The molecule has 0 aliphatic carbocycles. The fourth-order valence-electron chi connectivity index (χ4n) is 3.92. The van der Waals surface area contributed by atoms with E-state index in [0.717, 1.165) is 4.90 Å². The number of carbonyl (C=O) groups is 4. The van der Waals surface area contributed by atoms with Crippen molar-refractivity contribution >= 4 is 23.8 Å². The molecule has 1 saturated heterocycles. The standard InChI is InChI=1S/C22H29F3N4O6.2Li/c1-10(28-22(2,3)21(34)35)19(31)29-9-13(7-17(29)20(32)33)27-18(30)6-12(26)4-11-5-15(24)16(25)8-14(11)23;;/h5,8,10,12-13,17,28H,4,6-7,9,26H2,1-3H3,(H,27,30)(H,32,33)(H,34,35);;/q;2*+1/p-2/t10-,12+,13-,17-;;/m0../s1. The Morgan fingerprint density at radius 1 is 1.11 bits per heavy atom. The van der Waals surface area contributed by atoms with E-state index in [9.17, 15) is 42.6 Å². The summed E-state index contributed by atoms with van der Waals surface area (Å²) in [5, 5.41) is 27.9. The monoisotopic (exact) mass is 514 g/mol. The summed E-state index contributed by atoms with van der Waals surface area (Å²) in [5.74, 6) is -7.96. The molecule has 1 aromatic rings. The van der Waals surface area contributed by atoms with Gasteiger partial charge in [-0.05, 0) is 45.2 Å². The third-order valence-electron chi connectivity index (χ3n) is 5.70. The second-order valence-corrected chi connectivity index (χ2v) is 9.13. The van der Waals surface area contributed by atoms with Crippen LogP contribution >= 0.6 is 0 Å². The van der Waals surface area contributed by atoms with Gasteiger partial charge < -0.3 is 35.8 Å². The topological polar surface area (TPSA) is 168 Å². The minimum absolute atomic E-state index is 0. The van der Waals surface area contributed by atoms with Gasteiger partial charge in [0.2, 0.25) is 11.8 Å². The number of amides is 2. The fourth-order valence-corrected chi connectivity index (χ4v) is 3.92. The van der Waals surface area contributed by atoms with Crippen molar-refractivity contribution in [1.29, 1.82) is 0 Å². The van der Waals surface area contributed by atoms with Crippen molar-refractivity contribution in [2.75, 3.05) is 6.54 Å². The first-order chi connectivity index (χ1) is 16.1. The predicted molar refractivity (Wildman–Crippen MR) is 111 cm³/mol. The number of likely N-dealkylation sites (tertiary alicyclic amines) is 1. The van der Waals surface area contributed by atoms with Crippen molar-refractivity contribution in [2.24, 2.45) is 5.73 Å². The summed E-state index contributed by atoms with van der Waals surface area (Å²) >= 11 is 0. The first-order valence-corrected chi connectivity index (χ1v) is 10.8. The number of nitrogens with two attached hydrogens (primary N) is 1. The summed E-state index contributed by atoms with van der Waals surface area (Å²) < 4.78 is 40.2. The molecule has 1 heterocycles. The summed E-state index contributed by atoms with van der Waals surface area (Å²) in [7, 11) is 0. The molecule has 0 radical (unpaired) electrons. The molecule has 4 N–H and O–H groups in total. The van der Waals surface area contributed by atoms with Gasteiger partial charge in [-0.3, -0.25) is 14.9 Å². The maximum atomic E-state index is 13.8. The summed E-state index contributed by atoms with van der Waals surface area (Å²) in [6.45, 7) is 3.74. The predicted octanol–water partition coefficient (Wildman–Crippen LogP) is -8.29. The van der Waals surface area contributed by atoms with Gasteiger partial charge >= 0.3 is 37.7 Å². The van der Waals surface area contributed by atoms with Gasteiger partial charge in [-0.25, -0.2) is 13.2 Å². The quantitative estimate of drug-likeness (QED) is 0.204. The van der Waals surface area contributed by atoms with Crippen LogP contribution in [0.3, 0.4) is 0 Å². The van der Waals surface area contributed by atoms with Crippen molar-refractivity contribution in [3.05, 3.63) is 35.1 Å². The van der Waals surface area contributed by atoms with Crippen LogP contribution in [0.15, 0.2) is 12.1 Å². The summed E-state index contributed by atoms with van der Waals surface area (Å²) in [4.78, 5) is 48.9. The first-order valence-electron chi connectivity index (χ1n) is 10.8. The van der Waals surface area contributed by atoms with Gasteiger partial charge in [0.15, 0.2) is 11.6 Å². The molecule has 1 aliphatic heterocycles. The molecule has 0 aromatic heterocycles. The molecule has 0 spiro atoms. The normalized spacial score (nSPS) is 18.7. The molecule has 37 heavy (non-hydrogen) atoms. The van der Waals surface area contributed by atoms with Crippen LogP contribution in [0.2, 0.25) is 0 Å². The van der Waals surface area contributed by atoms with Gasteiger partial charge in [-0.15, -0.1) is 0 Å². The zero-order valence-electron chi connectivity index (χ0n) is 21.4. The second kappa shape index (κ2) is 14.2. The van der Waals surface area contributed by atoms with Gasteiger partial charge in [0.25, 0.3) is 0 Å². The average Bonchev–Trinajstić information content (AvgIpc) is 3.14. The van der Waals surface area contributed by atoms with E-state index in [2.05, 4.69) is 10.6 Å². The molecule has 0 unspecified atom stereocenters. The molecule has 194 valence electrons. The van der Waals surface area contributed by atoms with Crippen LogP contribution < -0.4 is 64.3 Å². The Morgan fingerprint density at radius 2 is 1.68 bits per heavy atom. The number of benzene rings is 1. The Bertz CT molecular complexity index is 1020. The maximum Gasteiger partial charge on any atom is 1.00 e. The third kappa shape index (κ3) is 9.36. The number of hydrogen-bond acceptors (Lipinski definition) is 8. The van der Waals surface area contributed by atoms with E-state index in [4.69, 9.17) is 5.73 Å². The minimum Gasteiger partial charge on any atom is -0.548 e. The van der Waals surface area contributed by atoms with Gasteiger partial charge in [0, 0.05) is 31.1 Å². The number of rotatable bonds is 10. The van der Waals surface area contributed by atoms with E-state index < -0.39 is 70.9 Å². The van der Waals surface area contributed by atoms with Gasteiger partial charge in [-0.1, -0.05) is 0 Å². The van der Waals surface area contributed by atoms with Crippen molar-refractivity contribution in [2.45, 2.75) is 69.7 Å². The maximum absolute atomic E-state index is 13.8. The number of carboxylic acid groups (broad SMARTS) is 2. The van der Waals surface area contributed by atoms with Crippen LogP contribution in [-0.2, 0) is 25.6 Å². The van der Waals surface area contributed by atoms with E-state index in [1.807, 2.05) is 0 Å². The second-order valence-electron chi connectivity index (χ2n) is 9.13. The van der Waals surface area contributed by atoms with Crippen LogP contribution in [0.1, 0.15) is 39.2 Å². The zero-order chi connectivity index (χ0) is 26.7. The minimum atomic E-state index is -1.57. The largest absolute Gasteiger partial charge is 1.00 e. The number of nitrogens with one attached hydrogen (secondary N) is 2. The van der Waals surface area contributed by atoms with Crippen LogP contribution in [0.4, 0.5) is 13.2 Å². The molecule has 15 heteroatoms. The average molecular weight is 514 g/mol. The first kappa shape index (κ1) is 35.0. The van der Waals surface area contributed by atoms with E-state index in [0.29, 0.717) is 12.1 Å². The molecule has 4 atom stereocenters. The summed E-state index contributed by atoms with van der Waals surface area (Å²) in [6, 6.07) is -3.15. The number of nitrogens with zero attached hydrogens (tertiary/aromatic N) is 1. The van der Waals surface area contributed by atoms with E-state index in [1.165, 1.54) is 20.8 Å². The number of aliphatic carboxylic acids is 2. The van der Waals surface area contributed by atoms with E-state index >= 15 is 0 Å². The Kier molecular flexibility index (Phi) is 13.5. The molecule has 0 saturated carbocycles. The Hall–Kier alpha value is -2.00. The van der Waals surface area contributed by atoms with Crippen LogP contribution in [0, 0.1) is 17.5 Å². The molecule has 2 rings (SSSR count). The smallest absolute Gasteiger partial charge is 0.548 e. The number of halogens is 3. The SMILES string of the molecule is C[C@H](NC(C)(C)C(=O)[O-])C(=O)N1C[C@@H](NC(=O)C[C@H](N)Cc2cc(F)c(F)cc2F)C[C@H]1C(=O)[O-].[Li+].[Li+]. The molecule has 1 aromatic carbocycles. The van der Waals surface area contributed by atoms with E-state index in [1.54, 1.807) is 0 Å². The van der Waals surface area contributed by atoms with Crippen molar-refractivity contribution in [1.82, 2.24) is 15.5 Å². The Balaban J connectivity index is 0.00000648. The summed E-state index contributed by atoms with van der Waals surface area (Å²) in [6.07, 6.45) is -0.759. The van der Waals surface area contributed by atoms with E-state index in [-0.39, 0.29) is 69.1 Å². The molecule has 0 bridgehead atoms. The van der Waals surface area contributed by atoms with Crippen LogP contribution in [0.25, 0.3) is 0 Å². The number of carboxylic acids is 2. The van der Waals surface area contributed by atoms with Crippen LogP contribution in [-0.4, -0.2) is 64.9 Å². The van der Waals surface area contributed by atoms with Gasteiger partial charge in [0.1, 0.15) is 5.82 Å². The van der Waals surface area contributed by atoms with Gasteiger partial charge in [0.05, 0.1) is 29.6 Å². The van der Waals surface area contributed by atoms with Crippen LogP contribution in [0.5, 0.6) is 0 Å². The number of hydrogen-bond donors (Lipinski definition) is 3. The zero-order valence-corrected chi connectivity index (χ0v) is 21.4. The Labute approximate surface area is 236 Å². The third-order valence-corrected chi connectivity index (χ3v) is 5.70. The molecular weight excluding hydrogens is 487 g/mol. The molecule has 2 amide bonds. The summed E-state index contributed by atoms with van der Waals surface area (Å²) in [5.41, 5.74) is 4.06. The van der Waals surface area contributed by atoms with Gasteiger partial charge in [-0.2, -0.15) is 0 Å². The molecule has 10 nitrogen and oxygen atoms in total. The van der Waals surface area contributed by atoms with Crippen molar-refractivity contribution < 1.29 is 80.3 Å². The molecule has 1 fully saturated rings. The van der Waals surface area contributed by atoms with Crippen molar-refractivity contribution in [3.8, 4) is 0 Å². The molecular formula is C22H27F3Li2N4O6. The Morgan fingerprint density at radius 3 is 2.22 bits per heavy atom. The fraction of sp³-hybridized carbons (Fsp3) is 0.545. The molecule has 1 aliphatic rings. The number of carbonyl (C=O) groups excluding carboxylic acids is 4.